The van der Waals surface area contributed by atoms with Crippen molar-refractivity contribution in [2.24, 2.45) is 11.7 Å². The first-order chi connectivity index (χ1) is 12.7. The Morgan fingerprint density at radius 2 is 2.15 bits per heavy atom. The first kappa shape index (κ1) is 16.3. The number of rotatable bonds is 5. The van der Waals surface area contributed by atoms with Gasteiger partial charge in [0.2, 0.25) is 0 Å². The summed E-state index contributed by atoms with van der Waals surface area (Å²) in [5, 5.41) is 18.0. The minimum Gasteiger partial charge on any atom is -0.366 e. The topological polar surface area (TPSA) is 102 Å². The van der Waals surface area contributed by atoms with Gasteiger partial charge in [0, 0.05) is 23.5 Å². The number of hydrogen-bond acceptors (Lipinski definition) is 4. The molecular formula is C19H20N6O. The van der Waals surface area contributed by atoms with Crippen molar-refractivity contribution in [1.29, 1.82) is 5.26 Å². The summed E-state index contributed by atoms with van der Waals surface area (Å²) in [6, 6.07) is 6.14. The van der Waals surface area contributed by atoms with Crippen molar-refractivity contribution in [3.63, 3.8) is 0 Å². The average Bonchev–Trinajstić information content (AvgIpc) is 3.39. The third-order valence-electron chi connectivity index (χ3n) is 5.30. The van der Waals surface area contributed by atoms with E-state index < -0.39 is 5.91 Å². The Morgan fingerprint density at radius 1 is 1.35 bits per heavy atom. The fourth-order valence-corrected chi connectivity index (χ4v) is 4.04. The third-order valence-corrected chi connectivity index (χ3v) is 5.30. The van der Waals surface area contributed by atoms with Gasteiger partial charge in [-0.3, -0.25) is 9.48 Å². The molecule has 2 N–H and O–H groups in total. The predicted molar refractivity (Wildman–Crippen MR) is 96.2 cm³/mol. The summed E-state index contributed by atoms with van der Waals surface area (Å²) < 4.78 is 3.60. The molecular weight excluding hydrogens is 328 g/mol. The maximum Gasteiger partial charge on any atom is 0.251 e. The Labute approximate surface area is 151 Å². The summed E-state index contributed by atoms with van der Waals surface area (Å²) in [6.45, 7) is 0. The lowest BCUT2D eigenvalue weighted by Gasteiger charge is -2.21. The number of carbonyl (C=O) groups is 1. The standard InChI is InChI=1S/C19H20N6O/c20-8-7-16(13-4-1-2-5-13)25-12-14(10-22-25)18-15(19(21)26)11-23-24-9-3-6-17(18)24/h3,6,9-13,16H,1-2,4-5,7H2,(H2,21,26). The second-order valence-electron chi connectivity index (χ2n) is 6.82. The summed E-state index contributed by atoms with van der Waals surface area (Å²) in [6.07, 6.45) is 12.1. The highest BCUT2D eigenvalue weighted by molar-refractivity contribution is 6.03. The zero-order chi connectivity index (χ0) is 18.1. The van der Waals surface area contributed by atoms with Gasteiger partial charge in [-0.1, -0.05) is 12.8 Å². The van der Waals surface area contributed by atoms with Crippen molar-refractivity contribution in [3.8, 4) is 17.2 Å². The molecule has 7 nitrogen and oxygen atoms in total. The normalized spacial score (nSPS) is 16.0. The van der Waals surface area contributed by atoms with Crippen molar-refractivity contribution in [1.82, 2.24) is 19.4 Å². The largest absolute Gasteiger partial charge is 0.366 e. The van der Waals surface area contributed by atoms with Gasteiger partial charge in [-0.2, -0.15) is 15.5 Å². The van der Waals surface area contributed by atoms with Crippen LogP contribution < -0.4 is 5.73 Å². The second-order valence-corrected chi connectivity index (χ2v) is 6.82. The number of amides is 1. The summed E-state index contributed by atoms with van der Waals surface area (Å²) in [4.78, 5) is 11.9. The number of nitriles is 1. The van der Waals surface area contributed by atoms with Crippen LogP contribution in [-0.2, 0) is 0 Å². The molecule has 1 atom stereocenters. The molecule has 4 rings (SSSR count). The SMILES string of the molecule is N#CCC(C1CCCC1)n1cc(-c2c(C(N)=O)cnn3cccc23)cn1. The molecule has 3 aromatic heterocycles. The number of hydrogen-bond donors (Lipinski definition) is 1. The first-order valence-electron chi connectivity index (χ1n) is 8.86. The summed E-state index contributed by atoms with van der Waals surface area (Å²) >= 11 is 0. The van der Waals surface area contributed by atoms with Crippen LogP contribution in [0.5, 0.6) is 0 Å². The van der Waals surface area contributed by atoms with Crippen LogP contribution in [0.1, 0.15) is 48.5 Å². The van der Waals surface area contributed by atoms with Crippen LogP contribution in [0.2, 0.25) is 0 Å². The molecule has 0 aromatic carbocycles. The molecule has 1 saturated carbocycles. The Balaban J connectivity index is 1.79. The smallest absolute Gasteiger partial charge is 0.251 e. The van der Waals surface area contributed by atoms with Gasteiger partial charge in [0.05, 0.1) is 42.0 Å². The molecule has 1 fully saturated rings. The zero-order valence-electron chi connectivity index (χ0n) is 14.4. The minimum atomic E-state index is -0.520. The van der Waals surface area contributed by atoms with Gasteiger partial charge in [0.1, 0.15) is 0 Å². The van der Waals surface area contributed by atoms with Crippen molar-refractivity contribution in [2.45, 2.75) is 38.1 Å². The molecule has 3 heterocycles. The van der Waals surface area contributed by atoms with Crippen LogP contribution in [0, 0.1) is 17.2 Å². The number of carbonyl (C=O) groups excluding carboxylic acids is 1. The Hall–Kier alpha value is -3.14. The van der Waals surface area contributed by atoms with E-state index in [4.69, 9.17) is 5.73 Å². The van der Waals surface area contributed by atoms with Crippen molar-refractivity contribution in [2.75, 3.05) is 0 Å². The lowest BCUT2D eigenvalue weighted by Crippen LogP contribution is -2.17. The third kappa shape index (κ3) is 2.73. The maximum atomic E-state index is 11.9. The monoisotopic (exact) mass is 348 g/mol. The predicted octanol–water partition coefficient (Wildman–Crippen LogP) is 2.94. The Kier molecular flexibility index (Phi) is 4.17. The van der Waals surface area contributed by atoms with E-state index in [1.54, 1.807) is 10.7 Å². The first-order valence-corrected chi connectivity index (χ1v) is 8.86. The number of fused-ring (bicyclic) bond motifs is 1. The number of aromatic nitrogens is 4. The molecule has 132 valence electrons. The minimum absolute atomic E-state index is 0.0675. The van der Waals surface area contributed by atoms with Crippen molar-refractivity contribution in [3.05, 3.63) is 42.5 Å². The fraction of sp³-hybridized carbons (Fsp3) is 0.368. The van der Waals surface area contributed by atoms with E-state index in [-0.39, 0.29) is 6.04 Å². The van der Waals surface area contributed by atoms with E-state index in [2.05, 4.69) is 16.3 Å². The highest BCUT2D eigenvalue weighted by atomic mass is 16.1. The van der Waals surface area contributed by atoms with Gasteiger partial charge in [-0.15, -0.1) is 0 Å². The lowest BCUT2D eigenvalue weighted by molar-refractivity contribution is 0.100. The molecule has 7 heteroatoms. The average molecular weight is 348 g/mol. The Bertz CT molecular complexity index is 989. The maximum absolute atomic E-state index is 11.9. The van der Waals surface area contributed by atoms with E-state index in [1.807, 2.05) is 29.2 Å². The Morgan fingerprint density at radius 3 is 2.88 bits per heavy atom. The molecule has 1 aliphatic rings. The lowest BCUT2D eigenvalue weighted by atomic mass is 9.96. The molecule has 3 aromatic rings. The van der Waals surface area contributed by atoms with Crippen LogP contribution in [0.3, 0.4) is 0 Å². The molecule has 0 bridgehead atoms. The molecule has 1 unspecified atom stereocenters. The van der Waals surface area contributed by atoms with Crippen molar-refractivity contribution < 1.29 is 4.79 Å². The van der Waals surface area contributed by atoms with E-state index in [0.717, 1.165) is 29.5 Å². The van der Waals surface area contributed by atoms with E-state index >= 15 is 0 Å². The van der Waals surface area contributed by atoms with E-state index in [1.165, 1.54) is 19.0 Å². The van der Waals surface area contributed by atoms with Crippen molar-refractivity contribution >= 4 is 11.4 Å². The molecule has 0 spiro atoms. The van der Waals surface area contributed by atoms with Gasteiger partial charge >= 0.3 is 0 Å². The number of nitrogens with two attached hydrogens (primary N) is 1. The van der Waals surface area contributed by atoms with Gasteiger partial charge in [0.15, 0.2) is 0 Å². The summed E-state index contributed by atoms with van der Waals surface area (Å²) in [5.41, 5.74) is 8.28. The van der Waals surface area contributed by atoms with Gasteiger partial charge in [0.25, 0.3) is 5.91 Å². The molecule has 1 amide bonds. The van der Waals surface area contributed by atoms with Gasteiger partial charge in [-0.05, 0) is 30.9 Å². The highest BCUT2D eigenvalue weighted by Gasteiger charge is 2.27. The van der Waals surface area contributed by atoms with E-state index in [9.17, 15) is 10.1 Å². The second kappa shape index (κ2) is 6.64. The summed E-state index contributed by atoms with van der Waals surface area (Å²) in [5.74, 6) is -0.0444. The molecule has 0 radical (unpaired) electrons. The zero-order valence-corrected chi connectivity index (χ0v) is 14.4. The highest BCUT2D eigenvalue weighted by Crippen LogP contribution is 2.37. The van der Waals surface area contributed by atoms with Crippen LogP contribution in [-0.4, -0.2) is 25.3 Å². The van der Waals surface area contributed by atoms with Gasteiger partial charge in [-0.25, -0.2) is 4.52 Å². The molecule has 1 aliphatic carbocycles. The molecule has 26 heavy (non-hydrogen) atoms. The van der Waals surface area contributed by atoms with E-state index in [0.29, 0.717) is 17.9 Å². The molecule has 0 saturated heterocycles. The number of primary amides is 1. The molecule has 0 aliphatic heterocycles. The van der Waals surface area contributed by atoms with Crippen LogP contribution in [0.4, 0.5) is 0 Å². The van der Waals surface area contributed by atoms with Crippen LogP contribution in [0.15, 0.2) is 36.9 Å². The fourth-order valence-electron chi connectivity index (χ4n) is 4.04. The number of nitrogens with zero attached hydrogens (tertiary/aromatic N) is 5. The quantitative estimate of drug-likeness (QED) is 0.765. The van der Waals surface area contributed by atoms with Crippen LogP contribution >= 0.6 is 0 Å². The summed E-state index contributed by atoms with van der Waals surface area (Å²) in [7, 11) is 0. The van der Waals surface area contributed by atoms with Crippen LogP contribution in [0.25, 0.3) is 16.6 Å². The van der Waals surface area contributed by atoms with Gasteiger partial charge < -0.3 is 5.73 Å².